The van der Waals surface area contributed by atoms with Gasteiger partial charge in [-0.25, -0.2) is 4.98 Å². The van der Waals surface area contributed by atoms with E-state index in [1.54, 1.807) is 6.20 Å². The molecule has 5 nitrogen and oxygen atoms in total. The maximum absolute atomic E-state index is 12.9. The highest BCUT2D eigenvalue weighted by Gasteiger charge is 2.28. The van der Waals surface area contributed by atoms with E-state index in [1.807, 2.05) is 59.8 Å². The summed E-state index contributed by atoms with van der Waals surface area (Å²) in [5, 5.41) is 0. The van der Waals surface area contributed by atoms with Gasteiger partial charge in [-0.1, -0.05) is 18.2 Å². The van der Waals surface area contributed by atoms with Gasteiger partial charge in [0.15, 0.2) is 0 Å². The number of pyridine rings is 2. The van der Waals surface area contributed by atoms with Crippen LogP contribution in [-0.2, 0) is 0 Å². The van der Waals surface area contributed by atoms with E-state index in [0.717, 1.165) is 42.8 Å². The van der Waals surface area contributed by atoms with Gasteiger partial charge in [0.1, 0.15) is 0 Å². The molecule has 1 aliphatic heterocycles. The lowest BCUT2D eigenvalue weighted by atomic mass is 10.0. The Bertz CT molecular complexity index is 999. The Hall–Kier alpha value is -3.21. The predicted molar refractivity (Wildman–Crippen MR) is 115 cm³/mol. The van der Waals surface area contributed by atoms with Crippen LogP contribution in [0.25, 0.3) is 11.1 Å². The maximum atomic E-state index is 12.9. The minimum Gasteiger partial charge on any atom is -0.477 e. The lowest BCUT2D eigenvalue weighted by Crippen LogP contribution is -2.28. The van der Waals surface area contributed by atoms with Gasteiger partial charge >= 0.3 is 0 Å². The van der Waals surface area contributed by atoms with Crippen molar-refractivity contribution in [2.24, 2.45) is 5.92 Å². The van der Waals surface area contributed by atoms with Gasteiger partial charge in [0.05, 0.1) is 6.61 Å². The quantitative estimate of drug-likeness (QED) is 0.610. The molecule has 1 aromatic carbocycles. The molecule has 0 radical (unpaired) electrons. The third-order valence-electron chi connectivity index (χ3n) is 6.00. The van der Waals surface area contributed by atoms with Crippen LogP contribution in [0.2, 0.25) is 0 Å². The molecule has 3 heterocycles. The van der Waals surface area contributed by atoms with Crippen molar-refractivity contribution in [3.05, 3.63) is 78.2 Å². The van der Waals surface area contributed by atoms with Crippen molar-refractivity contribution in [2.75, 3.05) is 19.7 Å². The number of hydrogen-bond acceptors (Lipinski definition) is 4. The van der Waals surface area contributed by atoms with Gasteiger partial charge in [0.2, 0.25) is 5.88 Å². The number of hydrogen-bond donors (Lipinski definition) is 0. The maximum Gasteiger partial charge on any atom is 0.253 e. The van der Waals surface area contributed by atoms with E-state index < -0.39 is 0 Å². The van der Waals surface area contributed by atoms with Crippen molar-refractivity contribution in [3.8, 4) is 17.0 Å². The van der Waals surface area contributed by atoms with Crippen LogP contribution >= 0.6 is 0 Å². The van der Waals surface area contributed by atoms with Gasteiger partial charge in [0, 0.05) is 54.8 Å². The number of carbonyl (C=O) groups excluding carboxylic acids is 1. The summed E-state index contributed by atoms with van der Waals surface area (Å²) in [6.07, 6.45) is 9.04. The van der Waals surface area contributed by atoms with Crippen LogP contribution in [0.1, 0.15) is 41.1 Å². The molecule has 2 aromatic heterocycles. The lowest BCUT2D eigenvalue weighted by Gasteiger charge is -2.17. The molecule has 0 bridgehead atoms. The Morgan fingerprint density at radius 1 is 1.00 bits per heavy atom. The fraction of sp³-hybridized carbons (Fsp3) is 0.320. The molecule has 152 valence electrons. The highest BCUT2D eigenvalue weighted by atomic mass is 16.5. The van der Waals surface area contributed by atoms with Gasteiger partial charge in [-0.15, -0.1) is 0 Å². The second-order valence-electron chi connectivity index (χ2n) is 8.24. The molecule has 1 aliphatic carbocycles. The van der Waals surface area contributed by atoms with Crippen LogP contribution < -0.4 is 4.74 Å². The molecule has 1 atom stereocenters. The molecule has 0 N–H and O–H groups in total. The van der Waals surface area contributed by atoms with Gasteiger partial charge in [0.25, 0.3) is 5.91 Å². The molecule has 1 saturated carbocycles. The Kier molecular flexibility index (Phi) is 5.18. The van der Waals surface area contributed by atoms with Gasteiger partial charge in [-0.3, -0.25) is 9.78 Å². The van der Waals surface area contributed by atoms with E-state index in [-0.39, 0.29) is 5.91 Å². The Labute approximate surface area is 176 Å². The molecule has 1 amide bonds. The number of benzene rings is 1. The number of nitrogens with zero attached hydrogens (tertiary/aromatic N) is 3. The van der Waals surface area contributed by atoms with E-state index in [1.165, 1.54) is 18.4 Å². The van der Waals surface area contributed by atoms with E-state index in [9.17, 15) is 4.79 Å². The van der Waals surface area contributed by atoms with Crippen molar-refractivity contribution in [2.45, 2.75) is 25.2 Å². The average molecular weight is 399 g/mol. The summed E-state index contributed by atoms with van der Waals surface area (Å²) in [4.78, 5) is 23.5. The number of amides is 1. The van der Waals surface area contributed by atoms with E-state index in [2.05, 4.69) is 16.0 Å². The molecular weight excluding hydrogens is 374 g/mol. The molecule has 2 fully saturated rings. The number of likely N-dealkylation sites (tertiary alicyclic amines) is 1. The third-order valence-corrected chi connectivity index (χ3v) is 6.00. The molecule has 5 heteroatoms. The number of rotatable bonds is 6. The van der Waals surface area contributed by atoms with Crippen LogP contribution in [0.15, 0.2) is 67.1 Å². The second kappa shape index (κ2) is 8.27. The number of carbonyl (C=O) groups is 1. The summed E-state index contributed by atoms with van der Waals surface area (Å²) in [7, 11) is 0. The summed E-state index contributed by atoms with van der Waals surface area (Å²) in [6, 6.07) is 15.8. The predicted octanol–water partition coefficient (Wildman–Crippen LogP) is 4.56. The first kappa shape index (κ1) is 18.8. The smallest absolute Gasteiger partial charge is 0.253 e. The fourth-order valence-corrected chi connectivity index (χ4v) is 3.95. The summed E-state index contributed by atoms with van der Waals surface area (Å²) in [6.45, 7) is 2.30. The van der Waals surface area contributed by atoms with E-state index in [0.29, 0.717) is 17.7 Å². The number of ether oxygens (including phenoxy) is 1. The first-order chi connectivity index (χ1) is 14.8. The van der Waals surface area contributed by atoms with Gasteiger partial charge in [-0.2, -0.15) is 0 Å². The second-order valence-corrected chi connectivity index (χ2v) is 8.24. The lowest BCUT2D eigenvalue weighted by molar-refractivity contribution is 0.0791. The fourth-order valence-electron chi connectivity index (χ4n) is 3.95. The van der Waals surface area contributed by atoms with Crippen LogP contribution in [0.5, 0.6) is 5.88 Å². The van der Waals surface area contributed by atoms with Crippen molar-refractivity contribution < 1.29 is 9.53 Å². The molecule has 1 unspecified atom stereocenters. The van der Waals surface area contributed by atoms with E-state index in [4.69, 9.17) is 4.74 Å². The highest BCUT2D eigenvalue weighted by molar-refractivity contribution is 5.95. The molecule has 3 aromatic rings. The summed E-state index contributed by atoms with van der Waals surface area (Å²) in [5.74, 6) is 1.85. The SMILES string of the molecule is O=C(c1ccc(-c2ccc(OCC3CC3)nc2)cc1)N1CCC(c2cccnc2)C1. The third kappa shape index (κ3) is 4.20. The summed E-state index contributed by atoms with van der Waals surface area (Å²) < 4.78 is 5.70. The first-order valence-electron chi connectivity index (χ1n) is 10.6. The van der Waals surface area contributed by atoms with Gasteiger partial charge < -0.3 is 9.64 Å². The molecular formula is C25H25N3O2. The monoisotopic (exact) mass is 399 g/mol. The highest BCUT2D eigenvalue weighted by Crippen LogP contribution is 2.30. The summed E-state index contributed by atoms with van der Waals surface area (Å²) in [5.41, 5.74) is 4.00. The normalized spacial score (nSPS) is 18.4. The van der Waals surface area contributed by atoms with Gasteiger partial charge in [-0.05, 0) is 60.6 Å². The van der Waals surface area contributed by atoms with Crippen molar-refractivity contribution in [1.29, 1.82) is 0 Å². The molecule has 5 rings (SSSR count). The Morgan fingerprint density at radius 2 is 1.83 bits per heavy atom. The van der Waals surface area contributed by atoms with E-state index >= 15 is 0 Å². The Balaban J connectivity index is 1.22. The van der Waals surface area contributed by atoms with Crippen molar-refractivity contribution in [3.63, 3.8) is 0 Å². The zero-order valence-corrected chi connectivity index (χ0v) is 16.9. The van der Waals surface area contributed by atoms with Crippen LogP contribution in [0.4, 0.5) is 0 Å². The van der Waals surface area contributed by atoms with Crippen LogP contribution in [0, 0.1) is 5.92 Å². The molecule has 30 heavy (non-hydrogen) atoms. The topological polar surface area (TPSA) is 55.3 Å². The molecule has 0 spiro atoms. The standard InChI is InChI=1S/C25H25N3O2/c29-25(28-13-11-23(16-28)21-2-1-12-26-14-21)20-7-5-19(6-8-20)22-9-10-24(27-15-22)30-17-18-3-4-18/h1-2,5-10,12,14-15,18,23H,3-4,11,13,16-17H2. The average Bonchev–Trinajstić information content (AvgIpc) is 3.52. The van der Waals surface area contributed by atoms with Crippen molar-refractivity contribution >= 4 is 5.91 Å². The van der Waals surface area contributed by atoms with Crippen LogP contribution in [-0.4, -0.2) is 40.5 Å². The summed E-state index contributed by atoms with van der Waals surface area (Å²) >= 11 is 0. The minimum absolute atomic E-state index is 0.0925. The largest absolute Gasteiger partial charge is 0.477 e. The Morgan fingerprint density at radius 3 is 2.53 bits per heavy atom. The zero-order valence-electron chi connectivity index (χ0n) is 16.9. The molecule has 1 saturated heterocycles. The van der Waals surface area contributed by atoms with Crippen molar-refractivity contribution in [1.82, 2.24) is 14.9 Å². The number of aromatic nitrogens is 2. The zero-order chi connectivity index (χ0) is 20.3. The first-order valence-corrected chi connectivity index (χ1v) is 10.6. The molecule has 2 aliphatic rings. The minimum atomic E-state index is 0.0925. The van der Waals surface area contributed by atoms with Crippen LogP contribution in [0.3, 0.4) is 0 Å².